The van der Waals surface area contributed by atoms with Gasteiger partial charge in [0.15, 0.2) is 0 Å². The van der Waals surface area contributed by atoms with E-state index in [1.165, 1.54) is 17.4 Å². The third-order valence-corrected chi connectivity index (χ3v) is 3.62. The maximum atomic E-state index is 11.9. The highest BCUT2D eigenvalue weighted by Crippen LogP contribution is 2.25. The molecular weight excluding hydrogens is 248 g/mol. The quantitative estimate of drug-likeness (QED) is 0.706. The van der Waals surface area contributed by atoms with Gasteiger partial charge in [-0.1, -0.05) is 0 Å². The third-order valence-electron chi connectivity index (χ3n) is 2.71. The predicted octanol–water partition coefficient (Wildman–Crippen LogP) is 3.53. The topological polar surface area (TPSA) is 39.4 Å². The lowest BCUT2D eigenvalue weighted by molar-refractivity contribution is 0.415. The van der Waals surface area contributed by atoms with Crippen LogP contribution >= 0.6 is 11.3 Å². The second-order valence-electron chi connectivity index (χ2n) is 3.82. The minimum atomic E-state index is -0.00271. The second kappa shape index (κ2) is 4.31. The molecule has 90 valence electrons. The van der Waals surface area contributed by atoms with E-state index in [1.54, 1.807) is 7.11 Å². The van der Waals surface area contributed by atoms with Gasteiger partial charge in [-0.25, -0.2) is 0 Å². The lowest BCUT2D eigenvalue weighted by atomic mass is 10.1. The summed E-state index contributed by atoms with van der Waals surface area (Å²) in [6.45, 7) is 0. The fourth-order valence-corrected chi connectivity index (χ4v) is 2.52. The van der Waals surface area contributed by atoms with Crippen LogP contribution in [0.5, 0.6) is 5.75 Å². The highest BCUT2D eigenvalue weighted by atomic mass is 32.1. The van der Waals surface area contributed by atoms with Crippen LogP contribution in [-0.2, 0) is 0 Å². The molecule has 0 saturated heterocycles. The van der Waals surface area contributed by atoms with Gasteiger partial charge in [0.2, 0.25) is 5.43 Å². The van der Waals surface area contributed by atoms with Crippen LogP contribution in [0.4, 0.5) is 0 Å². The molecule has 3 aromatic rings. The summed E-state index contributed by atoms with van der Waals surface area (Å²) < 4.78 is 11.5. The number of hydrogen-bond donors (Lipinski definition) is 0. The van der Waals surface area contributed by atoms with Crippen molar-refractivity contribution in [3.8, 4) is 17.1 Å². The van der Waals surface area contributed by atoms with Crippen LogP contribution in [0.3, 0.4) is 0 Å². The van der Waals surface area contributed by atoms with E-state index in [0.717, 1.165) is 11.3 Å². The Bertz CT molecular complexity index is 738. The average molecular weight is 258 g/mol. The summed E-state index contributed by atoms with van der Waals surface area (Å²) >= 11 is 1.40. The fourth-order valence-electron chi connectivity index (χ4n) is 1.79. The van der Waals surface area contributed by atoms with E-state index in [-0.39, 0.29) is 5.43 Å². The van der Waals surface area contributed by atoms with E-state index in [0.29, 0.717) is 16.0 Å². The van der Waals surface area contributed by atoms with E-state index in [4.69, 9.17) is 9.15 Å². The van der Waals surface area contributed by atoms with Gasteiger partial charge in [0.25, 0.3) is 0 Å². The smallest absolute Gasteiger partial charge is 0.203 e. The molecule has 0 atom stereocenters. The lowest BCUT2D eigenvalue weighted by Crippen LogP contribution is -1.97. The van der Waals surface area contributed by atoms with E-state index < -0.39 is 0 Å². The van der Waals surface area contributed by atoms with Crippen molar-refractivity contribution < 1.29 is 9.15 Å². The molecule has 18 heavy (non-hydrogen) atoms. The molecule has 0 fully saturated rings. The fraction of sp³-hybridized carbons (Fsp3) is 0.0714. The van der Waals surface area contributed by atoms with E-state index >= 15 is 0 Å². The van der Waals surface area contributed by atoms with Gasteiger partial charge >= 0.3 is 0 Å². The maximum Gasteiger partial charge on any atom is 0.203 e. The summed E-state index contributed by atoms with van der Waals surface area (Å²) in [7, 11) is 1.62. The van der Waals surface area contributed by atoms with Gasteiger partial charge in [0.1, 0.15) is 21.8 Å². The van der Waals surface area contributed by atoms with Crippen molar-refractivity contribution in [2.45, 2.75) is 0 Å². The van der Waals surface area contributed by atoms with Gasteiger partial charge in [0.05, 0.1) is 7.11 Å². The number of benzene rings is 1. The van der Waals surface area contributed by atoms with Crippen molar-refractivity contribution in [3.63, 3.8) is 0 Å². The Hall–Kier alpha value is -2.07. The van der Waals surface area contributed by atoms with Crippen LogP contribution in [-0.4, -0.2) is 7.11 Å². The monoisotopic (exact) mass is 258 g/mol. The molecule has 0 spiro atoms. The minimum Gasteiger partial charge on any atom is -0.497 e. The van der Waals surface area contributed by atoms with Crippen molar-refractivity contribution in [2.24, 2.45) is 0 Å². The SMILES string of the molecule is COc1ccc(-c2cc(=O)c3sccc3o2)cc1. The first kappa shape index (κ1) is 11.0. The van der Waals surface area contributed by atoms with E-state index in [1.807, 2.05) is 35.7 Å². The normalized spacial score (nSPS) is 10.7. The highest BCUT2D eigenvalue weighted by Gasteiger charge is 2.07. The van der Waals surface area contributed by atoms with Crippen LogP contribution in [0.25, 0.3) is 21.6 Å². The molecule has 0 radical (unpaired) electrons. The first-order valence-corrected chi connectivity index (χ1v) is 6.31. The number of ether oxygens (including phenoxy) is 1. The van der Waals surface area contributed by atoms with Crippen LogP contribution in [0.15, 0.2) is 51.0 Å². The minimum absolute atomic E-state index is 0.00271. The van der Waals surface area contributed by atoms with E-state index in [9.17, 15) is 4.79 Å². The van der Waals surface area contributed by atoms with Gasteiger partial charge in [-0.3, -0.25) is 4.79 Å². The Labute approximate surface area is 107 Å². The first-order chi connectivity index (χ1) is 8.78. The molecule has 0 saturated carbocycles. The van der Waals surface area contributed by atoms with Crippen molar-refractivity contribution in [1.29, 1.82) is 0 Å². The third kappa shape index (κ3) is 1.80. The number of rotatable bonds is 2. The Kier molecular flexibility index (Phi) is 2.64. The summed E-state index contributed by atoms with van der Waals surface area (Å²) in [5.41, 5.74) is 1.50. The van der Waals surface area contributed by atoms with Crippen LogP contribution < -0.4 is 10.2 Å². The summed E-state index contributed by atoms with van der Waals surface area (Å²) in [5, 5.41) is 1.85. The standard InChI is InChI=1S/C14H10O3S/c1-16-10-4-2-9(3-5-10)13-8-11(15)14-12(17-13)6-7-18-14/h2-8H,1H3. The van der Waals surface area contributed by atoms with Gasteiger partial charge in [-0.05, 0) is 35.7 Å². The Balaban J connectivity index is 2.15. The first-order valence-electron chi connectivity index (χ1n) is 5.44. The molecule has 3 rings (SSSR count). The van der Waals surface area contributed by atoms with Crippen molar-refractivity contribution in [2.75, 3.05) is 7.11 Å². The van der Waals surface area contributed by atoms with Crippen molar-refractivity contribution in [3.05, 3.63) is 52.0 Å². The lowest BCUT2D eigenvalue weighted by Gasteiger charge is -2.02. The molecule has 0 aliphatic heterocycles. The summed E-state index contributed by atoms with van der Waals surface area (Å²) in [6, 6.07) is 10.8. The zero-order valence-electron chi connectivity index (χ0n) is 9.67. The Morgan fingerprint density at radius 2 is 1.94 bits per heavy atom. The molecule has 2 heterocycles. The van der Waals surface area contributed by atoms with E-state index in [2.05, 4.69) is 0 Å². The number of methoxy groups -OCH3 is 1. The van der Waals surface area contributed by atoms with Crippen molar-refractivity contribution in [1.82, 2.24) is 0 Å². The Morgan fingerprint density at radius 3 is 2.67 bits per heavy atom. The molecule has 4 heteroatoms. The van der Waals surface area contributed by atoms with Gasteiger partial charge in [-0.15, -0.1) is 11.3 Å². The molecule has 0 aliphatic rings. The summed E-state index contributed by atoms with van der Waals surface area (Å²) in [6.07, 6.45) is 0. The zero-order valence-corrected chi connectivity index (χ0v) is 10.5. The summed E-state index contributed by atoms with van der Waals surface area (Å²) in [4.78, 5) is 11.9. The number of hydrogen-bond acceptors (Lipinski definition) is 4. The molecule has 0 N–H and O–H groups in total. The number of thiophene rings is 1. The highest BCUT2D eigenvalue weighted by molar-refractivity contribution is 7.17. The molecule has 0 aliphatic carbocycles. The van der Waals surface area contributed by atoms with Gasteiger partial charge < -0.3 is 9.15 Å². The molecule has 0 bridgehead atoms. The van der Waals surface area contributed by atoms with Crippen molar-refractivity contribution >= 4 is 21.6 Å². The Morgan fingerprint density at radius 1 is 1.17 bits per heavy atom. The van der Waals surface area contributed by atoms with Gasteiger partial charge in [0, 0.05) is 11.6 Å². The zero-order chi connectivity index (χ0) is 12.5. The van der Waals surface area contributed by atoms with Crippen LogP contribution in [0, 0.1) is 0 Å². The molecular formula is C14H10O3S. The largest absolute Gasteiger partial charge is 0.497 e. The molecule has 3 nitrogen and oxygen atoms in total. The number of fused-ring (bicyclic) bond motifs is 1. The average Bonchev–Trinajstić information content (AvgIpc) is 2.88. The van der Waals surface area contributed by atoms with Crippen LogP contribution in [0.2, 0.25) is 0 Å². The molecule has 0 amide bonds. The summed E-state index contributed by atoms with van der Waals surface area (Å²) in [5.74, 6) is 1.35. The molecule has 1 aromatic carbocycles. The van der Waals surface area contributed by atoms with Crippen LogP contribution in [0.1, 0.15) is 0 Å². The molecule has 2 aromatic heterocycles. The molecule has 0 unspecified atom stereocenters. The maximum absolute atomic E-state index is 11.9. The second-order valence-corrected chi connectivity index (χ2v) is 4.73. The van der Waals surface area contributed by atoms with Gasteiger partial charge in [-0.2, -0.15) is 0 Å². The predicted molar refractivity (Wildman–Crippen MR) is 72.3 cm³/mol.